The van der Waals surface area contributed by atoms with Crippen LogP contribution >= 0.6 is 0 Å². The molecule has 60 heavy (non-hydrogen) atoms. The van der Waals surface area contributed by atoms with E-state index < -0.39 is 0 Å². The van der Waals surface area contributed by atoms with Crippen molar-refractivity contribution in [2.75, 3.05) is 0 Å². The molecule has 0 amide bonds. The van der Waals surface area contributed by atoms with Crippen molar-refractivity contribution in [2.24, 2.45) is 0 Å². The van der Waals surface area contributed by atoms with Crippen LogP contribution < -0.4 is 0 Å². The highest BCUT2D eigenvalue weighted by molar-refractivity contribution is 6.12. The number of fused-ring (bicyclic) bond motifs is 6. The standard InChI is InChI=1S/C55H45N5/c1-31-21-33(3)54(34(4)22-31)39-17-19-44-42-13-9-11-15-48(42)59(50(44)26-39)52-28-41(47-25-37(7)57-38(8)58-47)29-53(46(52)30-56)60-49-16-12-10-14-43(49)45-20-18-40(27-51(45)60)55-35(5)23-32(2)24-36(55)6/h9-29H,1-8H3. The van der Waals surface area contributed by atoms with E-state index in [1.807, 2.05) is 19.9 Å². The Bertz CT molecular complexity index is 3220. The van der Waals surface area contributed by atoms with E-state index in [2.05, 4.69) is 183 Å². The highest BCUT2D eigenvalue weighted by Crippen LogP contribution is 2.42. The predicted molar refractivity (Wildman–Crippen MR) is 250 cm³/mol. The van der Waals surface area contributed by atoms with E-state index in [4.69, 9.17) is 4.98 Å². The molecule has 10 aromatic rings. The Hall–Kier alpha value is -7.29. The summed E-state index contributed by atoms with van der Waals surface area (Å²) in [6.07, 6.45) is 0. The van der Waals surface area contributed by atoms with Gasteiger partial charge in [0, 0.05) is 32.8 Å². The average molecular weight is 776 g/mol. The van der Waals surface area contributed by atoms with Gasteiger partial charge in [-0.25, -0.2) is 9.97 Å². The van der Waals surface area contributed by atoms with Crippen molar-refractivity contribution >= 4 is 43.6 Å². The van der Waals surface area contributed by atoms with Crippen molar-refractivity contribution in [3.63, 3.8) is 0 Å². The molecule has 0 atom stereocenters. The summed E-state index contributed by atoms with van der Waals surface area (Å²) in [5.74, 6) is 0.702. The summed E-state index contributed by atoms with van der Waals surface area (Å²) in [7, 11) is 0. The molecule has 0 fully saturated rings. The van der Waals surface area contributed by atoms with Gasteiger partial charge in [0.25, 0.3) is 0 Å². The lowest BCUT2D eigenvalue weighted by atomic mass is 9.93. The zero-order valence-electron chi connectivity index (χ0n) is 35.4. The highest BCUT2D eigenvalue weighted by Gasteiger charge is 2.24. The largest absolute Gasteiger partial charge is 0.308 e. The van der Waals surface area contributed by atoms with Gasteiger partial charge in [0.1, 0.15) is 17.5 Å². The Kier molecular flexibility index (Phi) is 8.59. The van der Waals surface area contributed by atoms with Crippen molar-refractivity contribution in [2.45, 2.75) is 55.4 Å². The maximum absolute atomic E-state index is 11.6. The Morgan fingerprint density at radius 1 is 0.433 bits per heavy atom. The number of benzene rings is 7. The van der Waals surface area contributed by atoms with E-state index in [0.29, 0.717) is 11.4 Å². The molecule has 0 saturated heterocycles. The summed E-state index contributed by atoms with van der Waals surface area (Å²) >= 11 is 0. The monoisotopic (exact) mass is 775 g/mol. The number of rotatable bonds is 5. The minimum absolute atomic E-state index is 0.577. The molecule has 0 spiro atoms. The zero-order valence-corrected chi connectivity index (χ0v) is 35.4. The van der Waals surface area contributed by atoms with Gasteiger partial charge in [0.15, 0.2) is 0 Å². The molecule has 0 aliphatic heterocycles. The van der Waals surface area contributed by atoms with Gasteiger partial charge in [-0.15, -0.1) is 0 Å². The maximum atomic E-state index is 11.6. The molecule has 5 nitrogen and oxygen atoms in total. The normalized spacial score (nSPS) is 11.7. The smallest absolute Gasteiger partial charge is 0.126 e. The lowest BCUT2D eigenvalue weighted by molar-refractivity contribution is 1.01. The van der Waals surface area contributed by atoms with Crippen LogP contribution in [0.1, 0.15) is 50.5 Å². The van der Waals surface area contributed by atoms with E-state index in [0.717, 1.165) is 83.1 Å². The first-order valence-corrected chi connectivity index (χ1v) is 20.6. The molecule has 7 aromatic carbocycles. The van der Waals surface area contributed by atoms with Crippen LogP contribution in [0.15, 0.2) is 127 Å². The van der Waals surface area contributed by atoms with Crippen LogP contribution in [0.25, 0.3) is 88.5 Å². The van der Waals surface area contributed by atoms with E-state index in [9.17, 15) is 5.26 Å². The summed E-state index contributed by atoms with van der Waals surface area (Å²) in [6, 6.07) is 48.9. The van der Waals surface area contributed by atoms with Crippen molar-refractivity contribution in [1.29, 1.82) is 5.26 Å². The maximum Gasteiger partial charge on any atom is 0.126 e. The topological polar surface area (TPSA) is 59.4 Å². The molecule has 3 heterocycles. The van der Waals surface area contributed by atoms with Gasteiger partial charge in [0.2, 0.25) is 0 Å². The second-order valence-electron chi connectivity index (χ2n) is 16.7. The van der Waals surface area contributed by atoms with E-state index in [1.54, 1.807) is 0 Å². The number of aryl methyl sites for hydroxylation is 8. The molecule has 290 valence electrons. The van der Waals surface area contributed by atoms with Gasteiger partial charge in [-0.05, 0) is 142 Å². The third kappa shape index (κ3) is 5.82. The van der Waals surface area contributed by atoms with Crippen molar-refractivity contribution < 1.29 is 0 Å². The van der Waals surface area contributed by atoms with Crippen LogP contribution in [-0.2, 0) is 0 Å². The van der Waals surface area contributed by atoms with Gasteiger partial charge in [0.05, 0.1) is 39.1 Å². The van der Waals surface area contributed by atoms with E-state index in [-0.39, 0.29) is 0 Å². The lowest BCUT2D eigenvalue weighted by Crippen LogP contribution is -2.06. The summed E-state index contributed by atoms with van der Waals surface area (Å²) in [5.41, 5.74) is 21.2. The first-order chi connectivity index (χ1) is 29.0. The molecular formula is C55H45N5. The molecule has 3 aromatic heterocycles. The van der Waals surface area contributed by atoms with Crippen molar-refractivity contribution in [3.05, 3.63) is 178 Å². The van der Waals surface area contributed by atoms with Crippen LogP contribution in [-0.4, -0.2) is 19.1 Å². The third-order valence-electron chi connectivity index (χ3n) is 12.2. The Morgan fingerprint density at radius 2 is 0.867 bits per heavy atom. The fraction of sp³-hybridized carbons (Fsp3) is 0.145. The minimum atomic E-state index is 0.577. The molecule has 0 unspecified atom stereocenters. The Labute approximate surface area is 350 Å². The van der Waals surface area contributed by atoms with Crippen LogP contribution in [0.4, 0.5) is 0 Å². The molecule has 10 rings (SSSR count). The number of hydrogen-bond acceptors (Lipinski definition) is 3. The van der Waals surface area contributed by atoms with Gasteiger partial charge >= 0.3 is 0 Å². The zero-order chi connectivity index (χ0) is 41.6. The molecule has 0 N–H and O–H groups in total. The molecule has 0 saturated carbocycles. The minimum Gasteiger partial charge on any atom is -0.308 e. The van der Waals surface area contributed by atoms with Gasteiger partial charge in [-0.1, -0.05) is 96.1 Å². The third-order valence-corrected chi connectivity index (χ3v) is 12.2. The fourth-order valence-corrected chi connectivity index (χ4v) is 10.1. The quantitative estimate of drug-likeness (QED) is 0.175. The van der Waals surface area contributed by atoms with Gasteiger partial charge in [-0.2, -0.15) is 5.26 Å². The number of nitrogens with zero attached hydrogens (tertiary/aromatic N) is 5. The summed E-state index contributed by atoms with van der Waals surface area (Å²) in [4.78, 5) is 9.65. The van der Waals surface area contributed by atoms with Crippen LogP contribution in [0.5, 0.6) is 0 Å². The number of nitriles is 1. The second-order valence-corrected chi connectivity index (χ2v) is 16.7. The molecule has 0 aliphatic rings. The number of aromatic nitrogens is 4. The summed E-state index contributed by atoms with van der Waals surface area (Å²) < 4.78 is 4.61. The van der Waals surface area contributed by atoms with Crippen molar-refractivity contribution in [3.8, 4) is 51.0 Å². The molecule has 5 heteroatoms. The lowest BCUT2D eigenvalue weighted by Gasteiger charge is -2.19. The van der Waals surface area contributed by atoms with E-state index in [1.165, 1.54) is 44.5 Å². The number of para-hydroxylation sites is 2. The molecule has 0 radical (unpaired) electrons. The van der Waals surface area contributed by atoms with Gasteiger partial charge < -0.3 is 9.13 Å². The molecular weight excluding hydrogens is 731 g/mol. The first-order valence-electron chi connectivity index (χ1n) is 20.6. The van der Waals surface area contributed by atoms with Gasteiger partial charge in [-0.3, -0.25) is 0 Å². The van der Waals surface area contributed by atoms with E-state index >= 15 is 0 Å². The molecule has 0 bridgehead atoms. The second kappa shape index (κ2) is 13.9. The van der Waals surface area contributed by atoms with Crippen LogP contribution in [0, 0.1) is 66.7 Å². The van der Waals surface area contributed by atoms with Crippen molar-refractivity contribution in [1.82, 2.24) is 19.1 Å². The average Bonchev–Trinajstić information content (AvgIpc) is 3.71. The molecule has 0 aliphatic carbocycles. The van der Waals surface area contributed by atoms with Crippen LogP contribution in [0.3, 0.4) is 0 Å². The highest BCUT2D eigenvalue weighted by atomic mass is 15.0. The summed E-state index contributed by atoms with van der Waals surface area (Å²) in [5, 5.41) is 16.1. The Morgan fingerprint density at radius 3 is 1.30 bits per heavy atom. The van der Waals surface area contributed by atoms with Crippen LogP contribution in [0.2, 0.25) is 0 Å². The number of hydrogen-bond donors (Lipinski definition) is 0. The SMILES string of the molecule is Cc1cc(C)c(-c2ccc3c4ccccc4n(-c4cc(-c5cc(C)nc(C)n5)cc(-n5c6ccccc6c6ccc(-c7c(C)cc(C)cc7C)cc65)c4C#N)c3c2)c(C)c1. The predicted octanol–water partition coefficient (Wildman–Crippen LogP) is 14.0. The summed E-state index contributed by atoms with van der Waals surface area (Å²) in [6.45, 7) is 17.0. The Balaban J connectivity index is 1.35. The first kappa shape index (κ1) is 37.0. The fourth-order valence-electron chi connectivity index (χ4n) is 10.1.